The number of esters is 1. The molecule has 0 atom stereocenters. The number of anilines is 2. The maximum Gasteiger partial charge on any atom is 0.361 e. The molecule has 0 fully saturated rings. The first kappa shape index (κ1) is 16.9. The van der Waals surface area contributed by atoms with Gasteiger partial charge in [-0.2, -0.15) is 0 Å². The second-order valence-electron chi connectivity index (χ2n) is 6.31. The van der Waals surface area contributed by atoms with Gasteiger partial charge >= 0.3 is 5.97 Å². The van der Waals surface area contributed by atoms with Crippen LogP contribution >= 0.6 is 0 Å². The highest BCUT2D eigenvalue weighted by Gasteiger charge is 2.19. The fourth-order valence-electron chi connectivity index (χ4n) is 2.58. The topological polar surface area (TPSA) is 64.1 Å². The monoisotopic (exact) mass is 335 g/mol. The third kappa shape index (κ3) is 3.76. The van der Waals surface area contributed by atoms with E-state index in [1.165, 1.54) is 5.56 Å². The quantitative estimate of drug-likeness (QED) is 0.708. The number of benzene rings is 2. The largest absolute Gasteiger partial charge is 0.458 e. The lowest BCUT2D eigenvalue weighted by molar-refractivity contribution is 0.0372. The average molecular weight is 335 g/mol. The van der Waals surface area contributed by atoms with Crippen LogP contribution in [-0.2, 0) is 4.74 Å². The summed E-state index contributed by atoms with van der Waals surface area (Å²) in [7, 11) is 0. The molecule has 2 aromatic carbocycles. The molecule has 5 nitrogen and oxygen atoms in total. The van der Waals surface area contributed by atoms with Gasteiger partial charge in [-0.25, -0.2) is 14.8 Å². The lowest BCUT2D eigenvalue weighted by Gasteiger charge is -2.14. The van der Waals surface area contributed by atoms with E-state index in [2.05, 4.69) is 21.4 Å². The molecule has 0 bridgehead atoms. The van der Waals surface area contributed by atoms with Gasteiger partial charge in [0.1, 0.15) is 0 Å². The summed E-state index contributed by atoms with van der Waals surface area (Å²) in [5.74, 6) is -0.0863. The molecule has 1 aromatic heterocycles. The lowest BCUT2D eigenvalue weighted by atomic mass is 10.1. The predicted molar refractivity (Wildman–Crippen MR) is 99.3 cm³/mol. The van der Waals surface area contributed by atoms with Crippen LogP contribution in [0.1, 0.15) is 35.5 Å². The van der Waals surface area contributed by atoms with Crippen LogP contribution < -0.4 is 5.32 Å². The number of carbonyl (C=O) groups excluding carboxylic acids is 1. The molecular weight excluding hydrogens is 314 g/mol. The third-order valence-electron chi connectivity index (χ3n) is 3.74. The molecule has 3 rings (SSSR count). The molecule has 1 heterocycles. The van der Waals surface area contributed by atoms with Crippen LogP contribution in [0.2, 0.25) is 0 Å². The van der Waals surface area contributed by atoms with Crippen molar-refractivity contribution in [3.8, 4) is 0 Å². The van der Waals surface area contributed by atoms with E-state index in [1.54, 1.807) is 0 Å². The van der Waals surface area contributed by atoms with Crippen LogP contribution in [-0.4, -0.2) is 22.0 Å². The van der Waals surface area contributed by atoms with E-state index < -0.39 is 5.97 Å². The van der Waals surface area contributed by atoms with Crippen LogP contribution in [0.5, 0.6) is 0 Å². The Hall–Kier alpha value is -2.95. The third-order valence-corrected chi connectivity index (χ3v) is 3.74. The first-order valence-electron chi connectivity index (χ1n) is 8.26. The Kier molecular flexibility index (Phi) is 4.65. The summed E-state index contributed by atoms with van der Waals surface area (Å²) >= 11 is 0. The van der Waals surface area contributed by atoms with Crippen molar-refractivity contribution < 1.29 is 9.53 Å². The molecule has 0 aliphatic heterocycles. The minimum Gasteiger partial charge on any atom is -0.458 e. The van der Waals surface area contributed by atoms with Gasteiger partial charge in [0.05, 0.1) is 17.1 Å². The van der Waals surface area contributed by atoms with Crippen molar-refractivity contribution >= 4 is 28.5 Å². The lowest BCUT2D eigenvalue weighted by Crippen LogP contribution is -2.16. The standard InChI is InChI=1S/C20H21N3O2/c1-12(2)25-20(24)18-19(22-15-10-9-13(3)11-14(15)4)23-17-8-6-5-7-16(17)21-18/h5-12H,1-4H3,(H,22,23). The molecule has 0 saturated heterocycles. The molecule has 128 valence electrons. The highest BCUT2D eigenvalue weighted by Crippen LogP contribution is 2.25. The van der Waals surface area contributed by atoms with Crippen molar-refractivity contribution in [2.75, 3.05) is 5.32 Å². The number of aromatic nitrogens is 2. The molecule has 25 heavy (non-hydrogen) atoms. The molecule has 0 aliphatic carbocycles. The molecular formula is C20H21N3O2. The smallest absolute Gasteiger partial charge is 0.361 e. The number of fused-ring (bicyclic) bond motifs is 1. The maximum atomic E-state index is 12.5. The number of ether oxygens (including phenoxy) is 1. The summed E-state index contributed by atoms with van der Waals surface area (Å²) in [4.78, 5) is 21.5. The fourth-order valence-corrected chi connectivity index (χ4v) is 2.58. The number of hydrogen-bond donors (Lipinski definition) is 1. The number of para-hydroxylation sites is 2. The number of nitrogens with one attached hydrogen (secondary N) is 1. The number of carbonyl (C=O) groups is 1. The second kappa shape index (κ2) is 6.89. The number of nitrogens with zero attached hydrogens (tertiary/aromatic N) is 2. The SMILES string of the molecule is Cc1ccc(Nc2nc3ccccc3nc2C(=O)OC(C)C)c(C)c1. The Morgan fingerprint density at radius 3 is 2.36 bits per heavy atom. The Labute approximate surface area is 147 Å². The van der Waals surface area contributed by atoms with E-state index >= 15 is 0 Å². The van der Waals surface area contributed by atoms with Crippen molar-refractivity contribution in [2.45, 2.75) is 33.8 Å². The predicted octanol–water partition coefficient (Wildman–Crippen LogP) is 4.56. The van der Waals surface area contributed by atoms with E-state index in [0.717, 1.165) is 16.8 Å². The average Bonchev–Trinajstić information content (AvgIpc) is 2.56. The van der Waals surface area contributed by atoms with E-state index in [9.17, 15) is 4.79 Å². The van der Waals surface area contributed by atoms with Gasteiger partial charge in [0, 0.05) is 5.69 Å². The zero-order valence-electron chi connectivity index (χ0n) is 14.8. The highest BCUT2D eigenvalue weighted by atomic mass is 16.5. The number of hydrogen-bond acceptors (Lipinski definition) is 5. The molecule has 1 N–H and O–H groups in total. The zero-order chi connectivity index (χ0) is 18.0. The van der Waals surface area contributed by atoms with Crippen molar-refractivity contribution in [1.82, 2.24) is 9.97 Å². The minimum absolute atomic E-state index is 0.187. The van der Waals surface area contributed by atoms with Gasteiger partial charge in [-0.1, -0.05) is 29.8 Å². The van der Waals surface area contributed by atoms with E-state index in [1.807, 2.05) is 64.1 Å². The van der Waals surface area contributed by atoms with Gasteiger partial charge in [-0.3, -0.25) is 0 Å². The molecule has 0 saturated carbocycles. The Bertz CT molecular complexity index is 935. The molecule has 0 spiro atoms. The summed E-state index contributed by atoms with van der Waals surface area (Å²) in [5.41, 5.74) is 4.69. The first-order valence-corrected chi connectivity index (χ1v) is 8.26. The normalized spacial score (nSPS) is 10.9. The summed E-state index contributed by atoms with van der Waals surface area (Å²) < 4.78 is 5.33. The van der Waals surface area contributed by atoms with Gasteiger partial charge in [-0.15, -0.1) is 0 Å². The molecule has 0 amide bonds. The van der Waals surface area contributed by atoms with Crippen LogP contribution in [0.25, 0.3) is 11.0 Å². The van der Waals surface area contributed by atoms with Gasteiger partial charge in [0.25, 0.3) is 0 Å². The summed E-state index contributed by atoms with van der Waals surface area (Å²) in [6.07, 6.45) is -0.227. The van der Waals surface area contributed by atoms with E-state index in [-0.39, 0.29) is 11.8 Å². The van der Waals surface area contributed by atoms with Crippen LogP contribution in [0, 0.1) is 13.8 Å². The maximum absolute atomic E-state index is 12.5. The van der Waals surface area contributed by atoms with E-state index in [0.29, 0.717) is 11.3 Å². The van der Waals surface area contributed by atoms with Gasteiger partial charge < -0.3 is 10.1 Å². The van der Waals surface area contributed by atoms with Crippen LogP contribution in [0.4, 0.5) is 11.5 Å². The number of aryl methyl sites for hydroxylation is 2. The summed E-state index contributed by atoms with van der Waals surface area (Å²) in [6.45, 7) is 7.67. The second-order valence-corrected chi connectivity index (χ2v) is 6.31. The Balaban J connectivity index is 2.08. The molecule has 3 aromatic rings. The zero-order valence-corrected chi connectivity index (χ0v) is 14.8. The van der Waals surface area contributed by atoms with Crippen molar-refractivity contribution in [3.63, 3.8) is 0 Å². The summed E-state index contributed by atoms with van der Waals surface area (Å²) in [5, 5.41) is 3.24. The van der Waals surface area contributed by atoms with E-state index in [4.69, 9.17) is 4.74 Å². The fraction of sp³-hybridized carbons (Fsp3) is 0.250. The minimum atomic E-state index is -0.486. The van der Waals surface area contributed by atoms with Gasteiger partial charge in [0.15, 0.2) is 11.5 Å². The molecule has 0 radical (unpaired) electrons. The van der Waals surface area contributed by atoms with Crippen LogP contribution in [0.15, 0.2) is 42.5 Å². The Morgan fingerprint density at radius 2 is 1.72 bits per heavy atom. The number of rotatable bonds is 4. The molecule has 0 unspecified atom stereocenters. The summed E-state index contributed by atoms with van der Waals surface area (Å²) in [6, 6.07) is 13.5. The first-order chi connectivity index (χ1) is 11.9. The van der Waals surface area contributed by atoms with Gasteiger partial charge in [-0.05, 0) is 51.5 Å². The molecule has 0 aliphatic rings. The van der Waals surface area contributed by atoms with Crippen molar-refractivity contribution in [1.29, 1.82) is 0 Å². The van der Waals surface area contributed by atoms with Crippen LogP contribution in [0.3, 0.4) is 0 Å². The van der Waals surface area contributed by atoms with Gasteiger partial charge in [0.2, 0.25) is 0 Å². The van der Waals surface area contributed by atoms with Crippen molar-refractivity contribution in [2.24, 2.45) is 0 Å². The highest BCUT2D eigenvalue weighted by molar-refractivity contribution is 5.96. The Morgan fingerprint density at radius 1 is 1.04 bits per heavy atom. The van der Waals surface area contributed by atoms with Crippen molar-refractivity contribution in [3.05, 3.63) is 59.3 Å². The molecule has 5 heteroatoms.